The van der Waals surface area contributed by atoms with Crippen molar-refractivity contribution >= 4 is 5.96 Å². The maximum atomic E-state index is 5.45. The van der Waals surface area contributed by atoms with E-state index in [2.05, 4.69) is 32.6 Å². The summed E-state index contributed by atoms with van der Waals surface area (Å²) in [7, 11) is 1.78. The fourth-order valence-corrected chi connectivity index (χ4v) is 2.56. The molecule has 1 unspecified atom stereocenters. The van der Waals surface area contributed by atoms with Gasteiger partial charge in [-0.15, -0.1) is 0 Å². The Bertz CT molecular complexity index is 481. The number of rotatable bonds is 5. The second-order valence-corrected chi connectivity index (χ2v) is 5.62. The molecule has 1 atom stereocenters. The molecule has 1 aliphatic heterocycles. The van der Waals surface area contributed by atoms with Crippen LogP contribution in [0.1, 0.15) is 23.9 Å². The molecular weight excluding hydrogens is 282 g/mol. The van der Waals surface area contributed by atoms with Gasteiger partial charge in [0.15, 0.2) is 5.96 Å². The molecule has 0 bridgehead atoms. The Labute approximate surface area is 132 Å². The lowest BCUT2D eigenvalue weighted by Gasteiger charge is -2.33. The smallest absolute Gasteiger partial charge is 0.191 e. The molecule has 0 saturated carbocycles. The SMILES string of the molecule is CN=C(NCCN1CCOCC1C)NCc1c(C)noc1C. The number of aliphatic imine (C=N–C) groups is 1. The zero-order valence-corrected chi connectivity index (χ0v) is 14.0. The van der Waals surface area contributed by atoms with E-state index in [0.29, 0.717) is 12.6 Å². The van der Waals surface area contributed by atoms with Crippen molar-refractivity contribution in [3.8, 4) is 0 Å². The van der Waals surface area contributed by atoms with Gasteiger partial charge in [-0.2, -0.15) is 0 Å². The Balaban J connectivity index is 1.73. The van der Waals surface area contributed by atoms with E-state index in [0.717, 1.165) is 55.8 Å². The zero-order chi connectivity index (χ0) is 15.9. The molecule has 1 aromatic rings. The van der Waals surface area contributed by atoms with Crippen molar-refractivity contribution in [1.82, 2.24) is 20.7 Å². The van der Waals surface area contributed by atoms with E-state index in [4.69, 9.17) is 9.26 Å². The van der Waals surface area contributed by atoms with Crippen molar-refractivity contribution < 1.29 is 9.26 Å². The molecule has 1 aliphatic rings. The van der Waals surface area contributed by atoms with Gasteiger partial charge in [0.2, 0.25) is 0 Å². The molecule has 0 radical (unpaired) electrons. The normalized spacial score (nSPS) is 20.2. The lowest BCUT2D eigenvalue weighted by atomic mass is 10.2. The molecule has 0 amide bonds. The first-order valence-corrected chi connectivity index (χ1v) is 7.80. The number of ether oxygens (including phenoxy) is 1. The summed E-state index contributed by atoms with van der Waals surface area (Å²) in [4.78, 5) is 6.68. The summed E-state index contributed by atoms with van der Waals surface area (Å²) in [5.41, 5.74) is 2.01. The van der Waals surface area contributed by atoms with Crippen molar-refractivity contribution in [1.29, 1.82) is 0 Å². The minimum atomic E-state index is 0.479. The summed E-state index contributed by atoms with van der Waals surface area (Å²) in [5, 5.41) is 10.6. The van der Waals surface area contributed by atoms with Crippen LogP contribution < -0.4 is 10.6 Å². The topological polar surface area (TPSA) is 74.9 Å². The van der Waals surface area contributed by atoms with Gasteiger partial charge in [0.1, 0.15) is 5.76 Å². The Hall–Kier alpha value is -1.60. The highest BCUT2D eigenvalue weighted by Crippen LogP contribution is 2.11. The van der Waals surface area contributed by atoms with Crippen LogP contribution in [0.4, 0.5) is 0 Å². The van der Waals surface area contributed by atoms with Crippen molar-refractivity contribution in [2.75, 3.05) is 39.9 Å². The predicted octanol–water partition coefficient (Wildman–Crippen LogP) is 0.677. The van der Waals surface area contributed by atoms with E-state index in [-0.39, 0.29) is 0 Å². The first kappa shape index (κ1) is 16.8. The molecule has 2 heterocycles. The fourth-order valence-electron chi connectivity index (χ4n) is 2.56. The highest BCUT2D eigenvalue weighted by atomic mass is 16.5. The minimum absolute atomic E-state index is 0.479. The van der Waals surface area contributed by atoms with Crippen molar-refractivity contribution in [2.24, 2.45) is 4.99 Å². The third kappa shape index (κ3) is 4.45. The molecular formula is C15H27N5O2. The lowest BCUT2D eigenvalue weighted by molar-refractivity contribution is 0.000879. The first-order valence-electron chi connectivity index (χ1n) is 7.80. The molecule has 7 nitrogen and oxygen atoms in total. The van der Waals surface area contributed by atoms with Gasteiger partial charge in [0, 0.05) is 44.8 Å². The van der Waals surface area contributed by atoms with Crippen LogP contribution in [0.3, 0.4) is 0 Å². The molecule has 22 heavy (non-hydrogen) atoms. The summed E-state index contributed by atoms with van der Waals surface area (Å²) in [5.74, 6) is 1.64. The van der Waals surface area contributed by atoms with E-state index < -0.39 is 0 Å². The molecule has 1 fully saturated rings. The van der Waals surface area contributed by atoms with Crippen LogP contribution >= 0.6 is 0 Å². The Morgan fingerprint density at radius 3 is 2.86 bits per heavy atom. The zero-order valence-electron chi connectivity index (χ0n) is 14.0. The largest absolute Gasteiger partial charge is 0.379 e. The van der Waals surface area contributed by atoms with E-state index >= 15 is 0 Å². The van der Waals surface area contributed by atoms with Crippen LogP contribution in [0.15, 0.2) is 9.52 Å². The molecule has 7 heteroatoms. The fraction of sp³-hybridized carbons (Fsp3) is 0.733. The number of nitrogens with zero attached hydrogens (tertiary/aromatic N) is 3. The third-order valence-electron chi connectivity index (χ3n) is 4.03. The summed E-state index contributed by atoms with van der Waals surface area (Å²) in [6.07, 6.45) is 0. The minimum Gasteiger partial charge on any atom is -0.379 e. The Morgan fingerprint density at radius 1 is 1.41 bits per heavy atom. The van der Waals surface area contributed by atoms with E-state index in [1.807, 2.05) is 13.8 Å². The number of hydrogen-bond donors (Lipinski definition) is 2. The maximum Gasteiger partial charge on any atom is 0.191 e. The number of guanidine groups is 1. The number of aromatic nitrogens is 1. The maximum absolute atomic E-state index is 5.45. The monoisotopic (exact) mass is 309 g/mol. The van der Waals surface area contributed by atoms with Gasteiger partial charge in [-0.3, -0.25) is 9.89 Å². The summed E-state index contributed by atoms with van der Waals surface area (Å²) < 4.78 is 10.6. The van der Waals surface area contributed by atoms with Crippen molar-refractivity contribution in [3.05, 3.63) is 17.0 Å². The highest BCUT2D eigenvalue weighted by molar-refractivity contribution is 5.79. The third-order valence-corrected chi connectivity index (χ3v) is 4.03. The summed E-state index contributed by atoms with van der Waals surface area (Å²) >= 11 is 0. The standard InChI is InChI=1S/C15H27N5O2/c1-11-10-21-8-7-20(11)6-5-17-15(16-4)18-9-14-12(2)19-22-13(14)3/h11H,5-10H2,1-4H3,(H2,16,17,18). The summed E-state index contributed by atoms with van der Waals surface area (Å²) in [6, 6.07) is 0.479. The molecule has 2 rings (SSSR count). The molecule has 2 N–H and O–H groups in total. The number of hydrogen-bond acceptors (Lipinski definition) is 5. The van der Waals surface area contributed by atoms with Gasteiger partial charge in [-0.1, -0.05) is 5.16 Å². The average Bonchev–Trinajstić information content (AvgIpc) is 2.83. The average molecular weight is 309 g/mol. The second kappa shape index (κ2) is 8.14. The van der Waals surface area contributed by atoms with Gasteiger partial charge in [0.25, 0.3) is 0 Å². The van der Waals surface area contributed by atoms with Crippen LogP contribution in [0, 0.1) is 13.8 Å². The van der Waals surface area contributed by atoms with Crippen LogP contribution in [-0.4, -0.2) is 62.0 Å². The van der Waals surface area contributed by atoms with E-state index in [9.17, 15) is 0 Å². The van der Waals surface area contributed by atoms with Crippen LogP contribution in [0.5, 0.6) is 0 Å². The number of morpholine rings is 1. The number of nitrogens with one attached hydrogen (secondary N) is 2. The van der Waals surface area contributed by atoms with Crippen molar-refractivity contribution in [3.63, 3.8) is 0 Å². The van der Waals surface area contributed by atoms with Gasteiger partial charge in [-0.05, 0) is 20.8 Å². The Morgan fingerprint density at radius 2 is 2.23 bits per heavy atom. The van der Waals surface area contributed by atoms with Crippen molar-refractivity contribution in [2.45, 2.75) is 33.4 Å². The van der Waals surface area contributed by atoms with Crippen LogP contribution in [-0.2, 0) is 11.3 Å². The van der Waals surface area contributed by atoms with Gasteiger partial charge in [-0.25, -0.2) is 0 Å². The molecule has 0 aromatic carbocycles. The van der Waals surface area contributed by atoms with Crippen LogP contribution in [0.25, 0.3) is 0 Å². The summed E-state index contributed by atoms with van der Waals surface area (Å²) in [6.45, 7) is 11.2. The molecule has 0 aliphatic carbocycles. The van der Waals surface area contributed by atoms with Gasteiger partial charge in [0.05, 0.1) is 18.9 Å². The van der Waals surface area contributed by atoms with Gasteiger partial charge < -0.3 is 19.9 Å². The highest BCUT2D eigenvalue weighted by Gasteiger charge is 2.18. The first-order chi connectivity index (χ1) is 10.6. The Kier molecular flexibility index (Phi) is 6.21. The quantitative estimate of drug-likeness (QED) is 0.615. The molecule has 0 spiro atoms. The van der Waals surface area contributed by atoms with Crippen LogP contribution in [0.2, 0.25) is 0 Å². The lowest BCUT2D eigenvalue weighted by Crippen LogP contribution is -2.48. The second-order valence-electron chi connectivity index (χ2n) is 5.62. The van der Waals surface area contributed by atoms with E-state index in [1.165, 1.54) is 0 Å². The molecule has 1 aromatic heterocycles. The molecule has 1 saturated heterocycles. The van der Waals surface area contributed by atoms with E-state index in [1.54, 1.807) is 7.05 Å². The predicted molar refractivity (Wildman–Crippen MR) is 86.0 cm³/mol. The van der Waals surface area contributed by atoms with Gasteiger partial charge >= 0.3 is 0 Å². The number of aryl methyl sites for hydroxylation is 2. The molecule has 124 valence electrons.